The van der Waals surface area contributed by atoms with E-state index in [4.69, 9.17) is 16.6 Å². The Morgan fingerprint density at radius 2 is 2.00 bits per heavy atom. The molecule has 0 radical (unpaired) electrons. The van der Waals surface area contributed by atoms with Gasteiger partial charge in [0, 0.05) is 23.0 Å². The van der Waals surface area contributed by atoms with Gasteiger partial charge in [0.1, 0.15) is 5.82 Å². The zero-order valence-corrected chi connectivity index (χ0v) is 14.7. The van der Waals surface area contributed by atoms with Crippen molar-refractivity contribution < 1.29 is 0 Å². The van der Waals surface area contributed by atoms with Gasteiger partial charge in [-0.2, -0.15) is 0 Å². The molecular formula is C14H12Br2ClN3. The smallest absolute Gasteiger partial charge is 0.163 e. The van der Waals surface area contributed by atoms with E-state index in [1.165, 1.54) is 12.8 Å². The van der Waals surface area contributed by atoms with Gasteiger partial charge in [-0.25, -0.2) is 9.97 Å². The average molecular weight is 418 g/mol. The Bertz CT molecular complexity index is 672. The van der Waals surface area contributed by atoms with Crippen molar-refractivity contribution in [1.29, 1.82) is 0 Å². The van der Waals surface area contributed by atoms with Gasteiger partial charge in [-0.15, -0.1) is 0 Å². The molecule has 3 nitrogen and oxygen atoms in total. The van der Waals surface area contributed by atoms with Crippen molar-refractivity contribution in [1.82, 2.24) is 9.97 Å². The summed E-state index contributed by atoms with van der Waals surface area (Å²) in [4.78, 5) is 9.26. The van der Waals surface area contributed by atoms with Gasteiger partial charge in [0.05, 0.1) is 15.2 Å². The van der Waals surface area contributed by atoms with E-state index in [2.05, 4.69) is 42.2 Å². The van der Waals surface area contributed by atoms with Crippen molar-refractivity contribution in [3.63, 3.8) is 0 Å². The summed E-state index contributed by atoms with van der Waals surface area (Å²) >= 11 is 13.3. The van der Waals surface area contributed by atoms with E-state index in [0.717, 1.165) is 26.0 Å². The summed E-state index contributed by atoms with van der Waals surface area (Å²) in [5, 5.41) is 3.75. The van der Waals surface area contributed by atoms with Gasteiger partial charge < -0.3 is 5.32 Å². The molecule has 1 aliphatic rings. The summed E-state index contributed by atoms with van der Waals surface area (Å²) in [5.74, 6) is 2.00. The first-order chi connectivity index (χ1) is 9.60. The largest absolute Gasteiger partial charge is 0.372 e. The molecule has 20 heavy (non-hydrogen) atoms. The lowest BCUT2D eigenvalue weighted by molar-refractivity contribution is 0.980. The lowest BCUT2D eigenvalue weighted by atomic mass is 10.2. The zero-order valence-electron chi connectivity index (χ0n) is 10.8. The van der Waals surface area contributed by atoms with Crippen LogP contribution < -0.4 is 5.32 Å². The van der Waals surface area contributed by atoms with Gasteiger partial charge in [-0.05, 0) is 47.0 Å². The molecule has 2 aromatic rings. The second-order valence-electron chi connectivity index (χ2n) is 4.74. The highest BCUT2D eigenvalue weighted by Gasteiger charge is 2.29. The molecule has 1 fully saturated rings. The first-order valence-electron chi connectivity index (χ1n) is 6.30. The second kappa shape index (κ2) is 5.62. The maximum Gasteiger partial charge on any atom is 0.163 e. The number of hydrogen-bond donors (Lipinski definition) is 1. The minimum atomic E-state index is 0.535. The molecule has 0 amide bonds. The number of halogens is 3. The van der Waals surface area contributed by atoms with Crippen LogP contribution in [0.2, 0.25) is 5.02 Å². The fraction of sp³-hybridized carbons (Fsp3) is 0.286. The molecule has 3 rings (SSSR count). The van der Waals surface area contributed by atoms with Crippen LogP contribution in [0.4, 0.5) is 5.82 Å². The van der Waals surface area contributed by atoms with Crippen LogP contribution in [0.5, 0.6) is 0 Å². The highest BCUT2D eigenvalue weighted by Crippen LogP contribution is 2.44. The topological polar surface area (TPSA) is 37.8 Å². The van der Waals surface area contributed by atoms with Gasteiger partial charge in [0.2, 0.25) is 0 Å². The summed E-state index contributed by atoms with van der Waals surface area (Å²) in [6, 6.07) is 5.74. The van der Waals surface area contributed by atoms with E-state index in [1.807, 2.05) is 25.2 Å². The molecule has 1 heterocycles. The molecule has 0 atom stereocenters. The number of aromatic nitrogens is 2. The predicted octanol–water partition coefficient (Wildman–Crippen LogP) is 5.24. The Morgan fingerprint density at radius 3 is 2.60 bits per heavy atom. The summed E-state index contributed by atoms with van der Waals surface area (Å²) in [6.45, 7) is 0. The van der Waals surface area contributed by atoms with Gasteiger partial charge >= 0.3 is 0 Å². The molecule has 104 valence electrons. The normalized spacial score (nSPS) is 14.4. The summed E-state index contributed by atoms with van der Waals surface area (Å²) in [6.07, 6.45) is 2.37. The van der Waals surface area contributed by atoms with Crippen molar-refractivity contribution in [2.75, 3.05) is 12.4 Å². The third-order valence-electron chi connectivity index (χ3n) is 3.25. The quantitative estimate of drug-likeness (QED) is 0.742. The SMILES string of the molecule is CNc1nc(-c2ccc(Br)cc2Cl)nc(C2CC2)c1Br. The number of anilines is 1. The Kier molecular flexibility index (Phi) is 4.02. The van der Waals surface area contributed by atoms with Crippen molar-refractivity contribution in [3.05, 3.63) is 37.9 Å². The van der Waals surface area contributed by atoms with Crippen molar-refractivity contribution >= 4 is 49.3 Å². The molecule has 1 saturated carbocycles. The van der Waals surface area contributed by atoms with Crippen LogP contribution >= 0.6 is 43.5 Å². The third-order valence-corrected chi connectivity index (χ3v) is 4.84. The monoisotopic (exact) mass is 415 g/mol. The van der Waals surface area contributed by atoms with E-state index >= 15 is 0 Å². The molecule has 1 aromatic heterocycles. The lowest BCUT2D eigenvalue weighted by Crippen LogP contribution is -2.03. The molecule has 0 unspecified atom stereocenters. The highest BCUT2D eigenvalue weighted by atomic mass is 79.9. The van der Waals surface area contributed by atoms with Crippen LogP contribution in [0.15, 0.2) is 27.1 Å². The third kappa shape index (κ3) is 2.71. The van der Waals surface area contributed by atoms with Crippen LogP contribution in [0.1, 0.15) is 24.5 Å². The number of rotatable bonds is 3. The van der Waals surface area contributed by atoms with Crippen LogP contribution in [-0.4, -0.2) is 17.0 Å². The maximum absolute atomic E-state index is 6.30. The predicted molar refractivity (Wildman–Crippen MR) is 89.4 cm³/mol. The Hall–Kier alpha value is -0.650. The summed E-state index contributed by atoms with van der Waals surface area (Å²) in [7, 11) is 1.86. The standard InChI is InChI=1S/C14H12Br2ClN3/c1-18-14-11(16)12(7-2-3-7)19-13(20-14)9-5-4-8(15)6-10(9)17/h4-7H,2-3H2,1H3,(H,18,19,20). The van der Waals surface area contributed by atoms with Crippen LogP contribution in [0, 0.1) is 0 Å². The number of nitrogens with zero attached hydrogens (tertiary/aromatic N) is 2. The van der Waals surface area contributed by atoms with E-state index in [9.17, 15) is 0 Å². The maximum atomic E-state index is 6.30. The van der Waals surface area contributed by atoms with Gasteiger partial charge in [-0.3, -0.25) is 0 Å². The number of hydrogen-bond acceptors (Lipinski definition) is 3. The molecule has 0 aliphatic heterocycles. The van der Waals surface area contributed by atoms with E-state index in [-0.39, 0.29) is 0 Å². The van der Waals surface area contributed by atoms with E-state index < -0.39 is 0 Å². The molecule has 1 N–H and O–H groups in total. The minimum Gasteiger partial charge on any atom is -0.372 e. The summed E-state index contributed by atoms with van der Waals surface area (Å²) in [5.41, 5.74) is 1.92. The molecule has 0 bridgehead atoms. The minimum absolute atomic E-state index is 0.535. The number of benzene rings is 1. The van der Waals surface area contributed by atoms with Crippen molar-refractivity contribution in [2.45, 2.75) is 18.8 Å². The van der Waals surface area contributed by atoms with Crippen molar-refractivity contribution in [2.24, 2.45) is 0 Å². The Labute approximate surface area is 139 Å². The molecule has 6 heteroatoms. The average Bonchev–Trinajstić information content (AvgIpc) is 3.24. The molecular weight excluding hydrogens is 405 g/mol. The molecule has 1 aliphatic carbocycles. The molecule has 1 aromatic carbocycles. The lowest BCUT2D eigenvalue weighted by Gasteiger charge is -2.11. The Morgan fingerprint density at radius 1 is 1.25 bits per heavy atom. The summed E-state index contributed by atoms with van der Waals surface area (Å²) < 4.78 is 1.90. The Balaban J connectivity index is 2.15. The number of nitrogens with one attached hydrogen (secondary N) is 1. The van der Waals surface area contributed by atoms with E-state index in [1.54, 1.807) is 0 Å². The highest BCUT2D eigenvalue weighted by molar-refractivity contribution is 9.11. The van der Waals surface area contributed by atoms with Gasteiger partial charge in [0.25, 0.3) is 0 Å². The molecule has 0 saturated heterocycles. The van der Waals surface area contributed by atoms with Gasteiger partial charge in [0.15, 0.2) is 5.82 Å². The second-order valence-corrected chi connectivity index (χ2v) is 6.86. The van der Waals surface area contributed by atoms with E-state index in [0.29, 0.717) is 16.8 Å². The van der Waals surface area contributed by atoms with Crippen molar-refractivity contribution in [3.8, 4) is 11.4 Å². The van der Waals surface area contributed by atoms with Crippen LogP contribution in [-0.2, 0) is 0 Å². The van der Waals surface area contributed by atoms with Crippen LogP contribution in [0.3, 0.4) is 0 Å². The zero-order chi connectivity index (χ0) is 14.3. The molecule has 0 spiro atoms. The fourth-order valence-electron chi connectivity index (χ4n) is 2.05. The fourth-order valence-corrected chi connectivity index (χ4v) is 3.51. The first-order valence-corrected chi connectivity index (χ1v) is 8.27. The van der Waals surface area contributed by atoms with Crippen LogP contribution in [0.25, 0.3) is 11.4 Å². The first kappa shape index (κ1) is 14.3. The van der Waals surface area contributed by atoms with Gasteiger partial charge in [-0.1, -0.05) is 27.5 Å².